The van der Waals surface area contributed by atoms with Crippen LogP contribution >= 0.6 is 0 Å². The molecule has 0 aliphatic carbocycles. The zero-order valence-corrected chi connectivity index (χ0v) is 10.8. The van der Waals surface area contributed by atoms with Gasteiger partial charge in [0, 0.05) is 6.07 Å². The third-order valence-corrected chi connectivity index (χ3v) is 3.26. The van der Waals surface area contributed by atoms with Crippen LogP contribution in [0.15, 0.2) is 12.1 Å². The zero-order chi connectivity index (χ0) is 13.0. The molecular formula is C14H18O4. The van der Waals surface area contributed by atoms with Gasteiger partial charge in [-0.3, -0.25) is 4.79 Å². The Hall–Kier alpha value is -1.71. The molecule has 18 heavy (non-hydrogen) atoms. The minimum absolute atomic E-state index is 0.198. The fourth-order valence-electron chi connectivity index (χ4n) is 1.89. The van der Waals surface area contributed by atoms with Crippen LogP contribution in [-0.2, 0) is 0 Å². The Morgan fingerprint density at radius 2 is 1.94 bits per heavy atom. The summed E-state index contributed by atoms with van der Waals surface area (Å²) in [6.07, 6.45) is 2.92. The lowest BCUT2D eigenvalue weighted by atomic mass is 10.1. The number of carbonyl (C=O) groups is 1. The molecule has 0 bridgehead atoms. The molecule has 1 heterocycles. The summed E-state index contributed by atoms with van der Waals surface area (Å²) in [7, 11) is 0. The molecule has 0 saturated carbocycles. The van der Waals surface area contributed by atoms with Crippen LogP contribution in [0, 0.1) is 5.92 Å². The summed E-state index contributed by atoms with van der Waals surface area (Å²) in [6, 6.07) is 3.39. The number of hydrogen-bond donors (Lipinski definition) is 0. The van der Waals surface area contributed by atoms with Gasteiger partial charge >= 0.3 is 0 Å². The van der Waals surface area contributed by atoms with Crippen molar-refractivity contribution in [2.75, 3.05) is 13.4 Å². The summed E-state index contributed by atoms with van der Waals surface area (Å²) in [5, 5.41) is 0. The van der Waals surface area contributed by atoms with E-state index in [9.17, 15) is 4.79 Å². The monoisotopic (exact) mass is 250 g/mol. The van der Waals surface area contributed by atoms with Gasteiger partial charge in [0.2, 0.25) is 6.79 Å². The summed E-state index contributed by atoms with van der Waals surface area (Å²) < 4.78 is 16.2. The van der Waals surface area contributed by atoms with Crippen molar-refractivity contribution in [1.29, 1.82) is 0 Å². The predicted molar refractivity (Wildman–Crippen MR) is 67.5 cm³/mol. The normalized spacial score (nSPS) is 12.8. The van der Waals surface area contributed by atoms with E-state index in [1.54, 1.807) is 12.1 Å². The van der Waals surface area contributed by atoms with E-state index in [1.165, 1.54) is 0 Å². The molecule has 0 saturated heterocycles. The van der Waals surface area contributed by atoms with Crippen molar-refractivity contribution in [3.63, 3.8) is 0 Å². The maximum absolute atomic E-state index is 11.0. The number of benzene rings is 1. The average Bonchev–Trinajstić information content (AvgIpc) is 2.85. The number of ether oxygens (including phenoxy) is 3. The first-order valence-electron chi connectivity index (χ1n) is 6.30. The molecule has 1 aliphatic heterocycles. The van der Waals surface area contributed by atoms with E-state index >= 15 is 0 Å². The van der Waals surface area contributed by atoms with Gasteiger partial charge in [0.05, 0.1) is 12.2 Å². The van der Waals surface area contributed by atoms with Crippen LogP contribution in [-0.4, -0.2) is 19.7 Å². The fraction of sp³-hybridized carbons (Fsp3) is 0.500. The molecule has 98 valence electrons. The Balaban J connectivity index is 2.14. The number of carbonyl (C=O) groups excluding carboxylic acids is 1. The highest BCUT2D eigenvalue weighted by atomic mass is 16.7. The van der Waals surface area contributed by atoms with Gasteiger partial charge < -0.3 is 14.2 Å². The Kier molecular flexibility index (Phi) is 4.07. The predicted octanol–water partition coefficient (Wildman–Crippen LogP) is 3.04. The van der Waals surface area contributed by atoms with E-state index < -0.39 is 0 Å². The van der Waals surface area contributed by atoms with E-state index in [2.05, 4.69) is 13.8 Å². The molecule has 0 fully saturated rings. The summed E-state index contributed by atoms with van der Waals surface area (Å²) in [5.41, 5.74) is 0.505. The Labute approximate surface area is 107 Å². The fourth-order valence-corrected chi connectivity index (χ4v) is 1.89. The third-order valence-electron chi connectivity index (χ3n) is 3.26. The molecule has 0 radical (unpaired) electrons. The zero-order valence-electron chi connectivity index (χ0n) is 10.8. The van der Waals surface area contributed by atoms with Crippen LogP contribution in [0.3, 0.4) is 0 Å². The van der Waals surface area contributed by atoms with E-state index in [0.29, 0.717) is 35.3 Å². The number of rotatable bonds is 6. The number of aldehydes is 1. The van der Waals surface area contributed by atoms with Crippen LogP contribution in [0.5, 0.6) is 17.2 Å². The molecule has 1 aromatic carbocycles. The second-order valence-electron chi connectivity index (χ2n) is 4.35. The standard InChI is InChI=1S/C14H18O4/c1-3-10(4-2)8-16-12-6-14-13(17-9-18-14)5-11(12)7-15/h5-7,10H,3-4,8-9H2,1-2H3. The third kappa shape index (κ3) is 2.58. The quantitative estimate of drug-likeness (QED) is 0.728. The highest BCUT2D eigenvalue weighted by Crippen LogP contribution is 2.37. The molecule has 1 aromatic rings. The van der Waals surface area contributed by atoms with Crippen molar-refractivity contribution < 1.29 is 19.0 Å². The lowest BCUT2D eigenvalue weighted by Gasteiger charge is -2.15. The van der Waals surface area contributed by atoms with Crippen molar-refractivity contribution in [3.05, 3.63) is 17.7 Å². The SMILES string of the molecule is CCC(CC)COc1cc2c(cc1C=O)OCO2. The lowest BCUT2D eigenvalue weighted by Crippen LogP contribution is -2.11. The van der Waals surface area contributed by atoms with Gasteiger partial charge in [0.25, 0.3) is 0 Å². The van der Waals surface area contributed by atoms with Crippen LogP contribution in [0.1, 0.15) is 37.0 Å². The molecule has 4 heteroatoms. The van der Waals surface area contributed by atoms with Gasteiger partial charge in [-0.25, -0.2) is 0 Å². The summed E-state index contributed by atoms with van der Waals surface area (Å²) in [5.74, 6) is 2.32. The Bertz CT molecular complexity index is 424. The Morgan fingerprint density at radius 3 is 2.56 bits per heavy atom. The van der Waals surface area contributed by atoms with Crippen molar-refractivity contribution in [2.45, 2.75) is 26.7 Å². The second kappa shape index (κ2) is 5.76. The smallest absolute Gasteiger partial charge is 0.231 e. The number of hydrogen-bond acceptors (Lipinski definition) is 4. The van der Waals surface area contributed by atoms with Gasteiger partial charge in [-0.2, -0.15) is 0 Å². The highest BCUT2D eigenvalue weighted by Gasteiger charge is 2.18. The van der Waals surface area contributed by atoms with Gasteiger partial charge in [-0.15, -0.1) is 0 Å². The molecule has 0 aromatic heterocycles. The first-order valence-corrected chi connectivity index (χ1v) is 6.30. The molecular weight excluding hydrogens is 232 g/mol. The maximum Gasteiger partial charge on any atom is 0.231 e. The first kappa shape index (κ1) is 12.7. The van der Waals surface area contributed by atoms with Gasteiger partial charge in [0.15, 0.2) is 17.8 Å². The van der Waals surface area contributed by atoms with Crippen LogP contribution in [0.4, 0.5) is 0 Å². The largest absolute Gasteiger partial charge is 0.492 e. The molecule has 0 atom stereocenters. The Morgan fingerprint density at radius 1 is 1.28 bits per heavy atom. The van der Waals surface area contributed by atoms with Crippen molar-refractivity contribution >= 4 is 6.29 Å². The number of fused-ring (bicyclic) bond motifs is 1. The summed E-state index contributed by atoms with van der Waals surface area (Å²) >= 11 is 0. The molecule has 4 nitrogen and oxygen atoms in total. The second-order valence-corrected chi connectivity index (χ2v) is 4.35. The van der Waals surface area contributed by atoms with Crippen LogP contribution in [0.25, 0.3) is 0 Å². The van der Waals surface area contributed by atoms with E-state index in [1.807, 2.05) is 0 Å². The van der Waals surface area contributed by atoms with Crippen molar-refractivity contribution in [1.82, 2.24) is 0 Å². The molecule has 0 N–H and O–H groups in total. The molecule has 0 spiro atoms. The topological polar surface area (TPSA) is 44.8 Å². The molecule has 1 aliphatic rings. The minimum atomic E-state index is 0.198. The first-order chi connectivity index (χ1) is 8.78. The van der Waals surface area contributed by atoms with Crippen LogP contribution in [0.2, 0.25) is 0 Å². The molecule has 0 unspecified atom stereocenters. The van der Waals surface area contributed by atoms with Crippen molar-refractivity contribution in [3.8, 4) is 17.2 Å². The van der Waals surface area contributed by atoms with Crippen molar-refractivity contribution in [2.24, 2.45) is 5.92 Å². The maximum atomic E-state index is 11.0. The molecule has 2 rings (SSSR count). The summed E-state index contributed by atoms with van der Waals surface area (Å²) in [6.45, 7) is 5.09. The average molecular weight is 250 g/mol. The highest BCUT2D eigenvalue weighted by molar-refractivity contribution is 5.81. The van der Waals surface area contributed by atoms with E-state index in [0.717, 1.165) is 19.1 Å². The lowest BCUT2D eigenvalue weighted by molar-refractivity contribution is 0.111. The van der Waals surface area contributed by atoms with Gasteiger partial charge in [0.1, 0.15) is 5.75 Å². The molecule has 0 amide bonds. The van der Waals surface area contributed by atoms with Gasteiger partial charge in [-0.1, -0.05) is 26.7 Å². The summed E-state index contributed by atoms with van der Waals surface area (Å²) in [4.78, 5) is 11.0. The van der Waals surface area contributed by atoms with Crippen LogP contribution < -0.4 is 14.2 Å². The van der Waals surface area contributed by atoms with Gasteiger partial charge in [-0.05, 0) is 12.0 Å². The van der Waals surface area contributed by atoms with E-state index in [-0.39, 0.29) is 6.79 Å². The van der Waals surface area contributed by atoms with E-state index in [4.69, 9.17) is 14.2 Å². The minimum Gasteiger partial charge on any atom is -0.492 e.